The molecular formula is C16H10BrFN2O. The number of nitrogens with zero attached hydrogens (tertiary/aromatic N) is 1. The summed E-state index contributed by atoms with van der Waals surface area (Å²) in [5.74, 6) is -0.863. The lowest BCUT2D eigenvalue weighted by atomic mass is 10.2. The van der Waals surface area contributed by atoms with Gasteiger partial charge < -0.3 is 5.32 Å². The lowest BCUT2D eigenvalue weighted by Gasteiger charge is -2.08. The number of nitrogens with one attached hydrogen (secondary N) is 1. The number of fused-ring (bicyclic) bond motifs is 1. The van der Waals surface area contributed by atoms with E-state index >= 15 is 0 Å². The van der Waals surface area contributed by atoms with Crippen LogP contribution in [-0.2, 0) is 0 Å². The van der Waals surface area contributed by atoms with Crippen molar-refractivity contribution < 1.29 is 9.18 Å². The number of amides is 1. The normalized spacial score (nSPS) is 10.6. The molecule has 0 spiro atoms. The van der Waals surface area contributed by atoms with Crippen LogP contribution >= 0.6 is 15.9 Å². The largest absolute Gasteiger partial charge is 0.321 e. The topological polar surface area (TPSA) is 42.0 Å². The Bertz CT molecular complexity index is 835. The lowest BCUT2D eigenvalue weighted by Crippen LogP contribution is -2.13. The molecule has 0 aliphatic heterocycles. The first kappa shape index (κ1) is 13.7. The van der Waals surface area contributed by atoms with Gasteiger partial charge in [-0.25, -0.2) is 4.39 Å². The van der Waals surface area contributed by atoms with Crippen LogP contribution < -0.4 is 5.32 Å². The Kier molecular flexibility index (Phi) is 3.66. The summed E-state index contributed by atoms with van der Waals surface area (Å²) in [6, 6.07) is 13.8. The second kappa shape index (κ2) is 5.61. The summed E-state index contributed by atoms with van der Waals surface area (Å²) in [5.41, 5.74) is 1.65. The van der Waals surface area contributed by atoms with Crippen LogP contribution in [0.5, 0.6) is 0 Å². The highest BCUT2D eigenvalue weighted by atomic mass is 79.9. The van der Waals surface area contributed by atoms with Crippen LogP contribution in [0.2, 0.25) is 0 Å². The number of halogens is 2. The molecule has 5 heteroatoms. The molecule has 104 valence electrons. The molecule has 0 atom stereocenters. The van der Waals surface area contributed by atoms with E-state index in [1.165, 1.54) is 12.1 Å². The highest BCUT2D eigenvalue weighted by molar-refractivity contribution is 9.10. The molecule has 1 heterocycles. The molecule has 0 aliphatic rings. The summed E-state index contributed by atoms with van der Waals surface area (Å²) < 4.78 is 13.6. The molecule has 3 nitrogen and oxygen atoms in total. The fraction of sp³-hybridized carbons (Fsp3) is 0. The van der Waals surface area contributed by atoms with Gasteiger partial charge in [-0.3, -0.25) is 9.78 Å². The van der Waals surface area contributed by atoms with E-state index in [0.29, 0.717) is 5.69 Å². The highest BCUT2D eigenvalue weighted by Crippen LogP contribution is 2.22. The Morgan fingerprint density at radius 1 is 1.14 bits per heavy atom. The lowest BCUT2D eigenvalue weighted by molar-refractivity contribution is 0.102. The van der Waals surface area contributed by atoms with E-state index in [0.717, 1.165) is 10.9 Å². The molecule has 1 N–H and O–H groups in total. The van der Waals surface area contributed by atoms with Gasteiger partial charge in [-0.05, 0) is 40.2 Å². The molecule has 0 saturated heterocycles. The second-order valence-corrected chi connectivity index (χ2v) is 5.27. The number of anilines is 1. The monoisotopic (exact) mass is 344 g/mol. The van der Waals surface area contributed by atoms with E-state index in [-0.39, 0.29) is 10.0 Å². The third kappa shape index (κ3) is 2.78. The number of hydrogen-bond donors (Lipinski definition) is 1. The van der Waals surface area contributed by atoms with Crippen molar-refractivity contribution in [3.05, 3.63) is 70.6 Å². The number of aromatic nitrogens is 1. The average Bonchev–Trinajstić information content (AvgIpc) is 2.50. The van der Waals surface area contributed by atoms with E-state index < -0.39 is 11.7 Å². The van der Waals surface area contributed by atoms with Crippen molar-refractivity contribution in [2.24, 2.45) is 0 Å². The number of benzene rings is 2. The van der Waals surface area contributed by atoms with Crippen molar-refractivity contribution in [3.8, 4) is 0 Å². The third-order valence-electron chi connectivity index (χ3n) is 3.04. The van der Waals surface area contributed by atoms with Crippen LogP contribution in [0.1, 0.15) is 10.4 Å². The van der Waals surface area contributed by atoms with E-state index in [9.17, 15) is 9.18 Å². The quantitative estimate of drug-likeness (QED) is 0.749. The molecule has 0 radical (unpaired) electrons. The number of hydrogen-bond acceptors (Lipinski definition) is 2. The summed E-state index contributed by atoms with van der Waals surface area (Å²) in [6.07, 6.45) is 1.58. The zero-order valence-electron chi connectivity index (χ0n) is 10.8. The SMILES string of the molecule is O=C(Nc1cnc2ccccc2c1)c1cccc(F)c1Br. The Morgan fingerprint density at radius 2 is 1.95 bits per heavy atom. The maximum Gasteiger partial charge on any atom is 0.256 e. The van der Waals surface area contributed by atoms with Crippen molar-refractivity contribution in [2.45, 2.75) is 0 Å². The molecule has 1 amide bonds. The second-order valence-electron chi connectivity index (χ2n) is 4.47. The number of para-hydroxylation sites is 1. The molecule has 0 aliphatic carbocycles. The Balaban J connectivity index is 1.91. The zero-order chi connectivity index (χ0) is 14.8. The standard InChI is InChI=1S/C16H10BrFN2O/c17-15-12(5-3-6-13(15)18)16(21)20-11-8-10-4-1-2-7-14(10)19-9-11/h1-9H,(H,20,21). The van der Waals surface area contributed by atoms with Gasteiger partial charge in [0.2, 0.25) is 0 Å². The van der Waals surface area contributed by atoms with Gasteiger partial charge in [0.25, 0.3) is 5.91 Å². The molecule has 2 aromatic carbocycles. The van der Waals surface area contributed by atoms with Crippen molar-refractivity contribution in [1.29, 1.82) is 0 Å². The Morgan fingerprint density at radius 3 is 2.81 bits per heavy atom. The van der Waals surface area contributed by atoms with Crippen LogP contribution in [0.15, 0.2) is 59.2 Å². The Labute approximate surface area is 128 Å². The fourth-order valence-electron chi connectivity index (χ4n) is 2.02. The van der Waals surface area contributed by atoms with Gasteiger partial charge in [0.1, 0.15) is 5.82 Å². The molecule has 0 saturated carbocycles. The molecule has 0 fully saturated rings. The third-order valence-corrected chi connectivity index (χ3v) is 3.85. The Hall–Kier alpha value is -2.27. The summed E-state index contributed by atoms with van der Waals surface area (Å²) in [5, 5.41) is 3.64. The van der Waals surface area contributed by atoms with Crippen molar-refractivity contribution in [3.63, 3.8) is 0 Å². The zero-order valence-corrected chi connectivity index (χ0v) is 12.4. The predicted octanol–water partition coefficient (Wildman–Crippen LogP) is 4.39. The molecule has 3 aromatic rings. The first-order valence-corrected chi connectivity index (χ1v) is 7.04. The van der Waals surface area contributed by atoms with Gasteiger partial charge in [0.05, 0.1) is 27.4 Å². The number of carbonyl (C=O) groups excluding carboxylic acids is 1. The minimum Gasteiger partial charge on any atom is -0.321 e. The minimum absolute atomic E-state index is 0.149. The summed E-state index contributed by atoms with van der Waals surface area (Å²) >= 11 is 3.08. The van der Waals surface area contributed by atoms with Crippen LogP contribution in [0.4, 0.5) is 10.1 Å². The molecule has 1 aromatic heterocycles. The van der Waals surface area contributed by atoms with E-state index in [2.05, 4.69) is 26.2 Å². The van der Waals surface area contributed by atoms with Crippen LogP contribution in [0, 0.1) is 5.82 Å². The van der Waals surface area contributed by atoms with E-state index in [1.807, 2.05) is 30.3 Å². The van der Waals surface area contributed by atoms with Gasteiger partial charge in [-0.2, -0.15) is 0 Å². The summed E-state index contributed by atoms with van der Waals surface area (Å²) in [4.78, 5) is 16.5. The first-order valence-electron chi connectivity index (χ1n) is 6.25. The molecular weight excluding hydrogens is 335 g/mol. The predicted molar refractivity (Wildman–Crippen MR) is 83.8 cm³/mol. The fourth-order valence-corrected chi connectivity index (χ4v) is 2.46. The smallest absolute Gasteiger partial charge is 0.256 e. The number of pyridine rings is 1. The van der Waals surface area contributed by atoms with Crippen LogP contribution in [-0.4, -0.2) is 10.9 Å². The van der Waals surface area contributed by atoms with Crippen molar-refractivity contribution in [1.82, 2.24) is 4.98 Å². The van der Waals surface area contributed by atoms with Gasteiger partial charge in [-0.15, -0.1) is 0 Å². The van der Waals surface area contributed by atoms with Crippen LogP contribution in [0.25, 0.3) is 10.9 Å². The number of carbonyl (C=O) groups is 1. The molecule has 21 heavy (non-hydrogen) atoms. The molecule has 0 bridgehead atoms. The van der Waals surface area contributed by atoms with Gasteiger partial charge >= 0.3 is 0 Å². The van der Waals surface area contributed by atoms with Gasteiger partial charge in [0, 0.05) is 5.39 Å². The summed E-state index contributed by atoms with van der Waals surface area (Å²) in [6.45, 7) is 0. The first-order chi connectivity index (χ1) is 10.1. The van der Waals surface area contributed by atoms with Gasteiger partial charge in [-0.1, -0.05) is 24.3 Å². The van der Waals surface area contributed by atoms with Crippen molar-refractivity contribution >= 4 is 38.4 Å². The van der Waals surface area contributed by atoms with E-state index in [1.54, 1.807) is 12.3 Å². The highest BCUT2D eigenvalue weighted by Gasteiger charge is 2.13. The van der Waals surface area contributed by atoms with E-state index in [4.69, 9.17) is 0 Å². The average molecular weight is 345 g/mol. The van der Waals surface area contributed by atoms with Crippen LogP contribution in [0.3, 0.4) is 0 Å². The minimum atomic E-state index is -0.473. The van der Waals surface area contributed by atoms with Crippen molar-refractivity contribution in [2.75, 3.05) is 5.32 Å². The van der Waals surface area contributed by atoms with Gasteiger partial charge in [0.15, 0.2) is 0 Å². The number of rotatable bonds is 2. The molecule has 3 rings (SSSR count). The summed E-state index contributed by atoms with van der Waals surface area (Å²) in [7, 11) is 0. The maximum atomic E-state index is 13.4. The maximum absolute atomic E-state index is 13.4. The molecule has 0 unspecified atom stereocenters.